The topological polar surface area (TPSA) is 59.0 Å². The fraction of sp³-hybridized carbons (Fsp3) is 0.217. The van der Waals surface area contributed by atoms with E-state index in [1.807, 2.05) is 43.0 Å². The number of hydrogen-bond acceptors (Lipinski definition) is 6. The first-order valence-electron chi connectivity index (χ1n) is 9.80. The largest absolute Gasteiger partial charge is 0.311 e. The second-order valence-electron chi connectivity index (χ2n) is 7.28. The van der Waals surface area contributed by atoms with Gasteiger partial charge in [0, 0.05) is 23.2 Å². The van der Waals surface area contributed by atoms with Crippen molar-refractivity contribution in [1.82, 2.24) is 15.0 Å². The lowest BCUT2D eigenvalue weighted by Gasteiger charge is -2.17. The number of hydrogen-bond donors (Lipinski definition) is 0. The van der Waals surface area contributed by atoms with Gasteiger partial charge in [0.25, 0.3) is 0 Å². The van der Waals surface area contributed by atoms with E-state index < -0.39 is 0 Å². The number of fused-ring (bicyclic) bond motifs is 2. The van der Waals surface area contributed by atoms with Crippen LogP contribution in [0.15, 0.2) is 52.9 Å². The highest BCUT2D eigenvalue weighted by Gasteiger charge is 2.25. The van der Waals surface area contributed by atoms with Crippen LogP contribution in [0.1, 0.15) is 16.3 Å². The average molecular weight is 433 g/mol. The fourth-order valence-corrected chi connectivity index (χ4v) is 5.19. The number of aromatic nitrogens is 3. The number of para-hydroxylation sites is 2. The maximum Gasteiger partial charge on any atom is 0.237 e. The molecule has 0 saturated heterocycles. The zero-order valence-electron chi connectivity index (χ0n) is 16.8. The first-order valence-corrected chi connectivity index (χ1v) is 11.7. The Morgan fingerprint density at radius 1 is 1.10 bits per heavy atom. The van der Waals surface area contributed by atoms with Gasteiger partial charge in [-0.3, -0.25) is 4.79 Å². The molecule has 3 heterocycles. The highest BCUT2D eigenvalue weighted by Crippen LogP contribution is 2.33. The molecule has 0 spiro atoms. The Hall–Kier alpha value is -2.77. The van der Waals surface area contributed by atoms with Crippen molar-refractivity contribution in [3.05, 3.63) is 64.1 Å². The molecule has 0 N–H and O–H groups in total. The van der Waals surface area contributed by atoms with E-state index >= 15 is 0 Å². The van der Waals surface area contributed by atoms with Gasteiger partial charge in [-0.15, -0.1) is 11.3 Å². The van der Waals surface area contributed by atoms with E-state index in [0.29, 0.717) is 5.75 Å². The average Bonchev–Trinajstić information content (AvgIpc) is 3.37. The molecule has 0 unspecified atom stereocenters. The van der Waals surface area contributed by atoms with Crippen molar-refractivity contribution in [2.45, 2.75) is 25.3 Å². The van der Waals surface area contributed by atoms with E-state index in [-0.39, 0.29) is 5.91 Å². The summed E-state index contributed by atoms with van der Waals surface area (Å²) in [6.07, 6.45) is 0.873. The van der Waals surface area contributed by atoms with Gasteiger partial charge in [0.05, 0.1) is 33.2 Å². The molecule has 150 valence electrons. The zero-order chi connectivity index (χ0) is 20.7. The van der Waals surface area contributed by atoms with Crippen LogP contribution in [0.5, 0.6) is 0 Å². The summed E-state index contributed by atoms with van der Waals surface area (Å²) in [5.74, 6) is 0.450. The molecule has 5 rings (SSSR count). The molecule has 7 heteroatoms. The van der Waals surface area contributed by atoms with Gasteiger partial charge in [-0.1, -0.05) is 30.0 Å². The lowest BCUT2D eigenvalue weighted by atomic mass is 10.1. The first kappa shape index (κ1) is 19.2. The molecule has 0 atom stereocenters. The Labute approximate surface area is 183 Å². The van der Waals surface area contributed by atoms with Crippen LogP contribution in [0.4, 0.5) is 5.69 Å². The normalized spacial score (nSPS) is 13.1. The highest BCUT2D eigenvalue weighted by molar-refractivity contribution is 8.00. The SMILES string of the molecule is Cc1nc(-c2ccc3c(c2)CCN3C(=O)CSc2nc3ccccc3nc2C)cs1. The number of nitrogens with zero attached hydrogens (tertiary/aromatic N) is 4. The quantitative estimate of drug-likeness (QED) is 0.422. The zero-order valence-corrected chi connectivity index (χ0v) is 18.4. The van der Waals surface area contributed by atoms with Gasteiger partial charge in [0.15, 0.2) is 0 Å². The first-order chi connectivity index (χ1) is 14.6. The summed E-state index contributed by atoms with van der Waals surface area (Å²) < 4.78 is 0. The lowest BCUT2D eigenvalue weighted by Crippen LogP contribution is -2.30. The van der Waals surface area contributed by atoms with Crippen molar-refractivity contribution in [2.75, 3.05) is 17.2 Å². The number of thiazole rings is 1. The molecule has 0 aliphatic carbocycles. The van der Waals surface area contributed by atoms with Crippen LogP contribution in [0.2, 0.25) is 0 Å². The summed E-state index contributed by atoms with van der Waals surface area (Å²) in [6, 6.07) is 14.1. The van der Waals surface area contributed by atoms with Gasteiger partial charge in [0.2, 0.25) is 5.91 Å². The number of carbonyl (C=O) groups is 1. The monoisotopic (exact) mass is 432 g/mol. The smallest absolute Gasteiger partial charge is 0.237 e. The van der Waals surface area contributed by atoms with Crippen LogP contribution in [-0.2, 0) is 11.2 Å². The second-order valence-corrected chi connectivity index (χ2v) is 9.31. The number of amides is 1. The predicted octanol–water partition coefficient (Wildman–Crippen LogP) is 5.05. The molecule has 0 fully saturated rings. The van der Waals surface area contributed by atoms with Gasteiger partial charge >= 0.3 is 0 Å². The molecule has 2 aromatic carbocycles. The molecule has 0 bridgehead atoms. The third-order valence-electron chi connectivity index (χ3n) is 5.22. The maximum absolute atomic E-state index is 13.0. The number of benzene rings is 2. The standard InChI is InChI=1S/C23H20N4OS2/c1-14-23(26-19-6-4-3-5-18(19)24-14)30-13-22(28)27-10-9-17-11-16(7-8-21(17)27)20-12-29-15(2)25-20/h3-8,11-12H,9-10,13H2,1-2H3. The summed E-state index contributed by atoms with van der Waals surface area (Å²) in [5.41, 5.74) is 6.93. The van der Waals surface area contributed by atoms with Gasteiger partial charge in [0.1, 0.15) is 5.03 Å². The molecule has 0 saturated carbocycles. The van der Waals surface area contributed by atoms with Crippen molar-refractivity contribution in [3.8, 4) is 11.3 Å². The number of aryl methyl sites for hydroxylation is 2. The Bertz CT molecular complexity index is 1270. The molecular formula is C23H20N4OS2. The fourth-order valence-electron chi connectivity index (χ4n) is 3.73. The van der Waals surface area contributed by atoms with E-state index in [0.717, 1.165) is 56.7 Å². The van der Waals surface area contributed by atoms with E-state index in [2.05, 4.69) is 38.5 Å². The summed E-state index contributed by atoms with van der Waals surface area (Å²) in [6.45, 7) is 4.68. The number of carbonyl (C=O) groups excluding carboxylic acids is 1. The second kappa shape index (κ2) is 7.81. The molecule has 1 aliphatic rings. The Morgan fingerprint density at radius 3 is 2.67 bits per heavy atom. The van der Waals surface area contributed by atoms with Crippen LogP contribution >= 0.6 is 23.1 Å². The van der Waals surface area contributed by atoms with E-state index in [9.17, 15) is 4.79 Å². The van der Waals surface area contributed by atoms with Gasteiger partial charge in [-0.2, -0.15) is 0 Å². The molecule has 2 aromatic heterocycles. The van der Waals surface area contributed by atoms with Gasteiger partial charge < -0.3 is 4.90 Å². The van der Waals surface area contributed by atoms with Crippen molar-refractivity contribution >= 4 is 45.7 Å². The third kappa shape index (κ3) is 3.59. The van der Waals surface area contributed by atoms with Crippen LogP contribution in [0.3, 0.4) is 0 Å². The molecule has 30 heavy (non-hydrogen) atoms. The minimum Gasteiger partial charge on any atom is -0.311 e. The highest BCUT2D eigenvalue weighted by atomic mass is 32.2. The number of rotatable bonds is 4. The number of thioether (sulfide) groups is 1. The summed E-state index contributed by atoms with van der Waals surface area (Å²) >= 11 is 3.12. The molecule has 0 radical (unpaired) electrons. The maximum atomic E-state index is 13.0. The molecule has 1 aliphatic heterocycles. The van der Waals surface area contributed by atoms with Crippen LogP contribution < -0.4 is 4.90 Å². The molecule has 1 amide bonds. The Morgan fingerprint density at radius 2 is 1.90 bits per heavy atom. The third-order valence-corrected chi connectivity index (χ3v) is 7.05. The summed E-state index contributed by atoms with van der Waals surface area (Å²) in [7, 11) is 0. The number of anilines is 1. The van der Waals surface area contributed by atoms with Crippen molar-refractivity contribution in [2.24, 2.45) is 0 Å². The van der Waals surface area contributed by atoms with Gasteiger partial charge in [-0.25, -0.2) is 15.0 Å². The summed E-state index contributed by atoms with van der Waals surface area (Å²) in [4.78, 5) is 28.7. The molecule has 4 aromatic rings. The minimum atomic E-state index is 0.102. The van der Waals surface area contributed by atoms with E-state index in [1.54, 1.807) is 11.3 Å². The van der Waals surface area contributed by atoms with Crippen molar-refractivity contribution in [3.63, 3.8) is 0 Å². The lowest BCUT2D eigenvalue weighted by molar-refractivity contribution is -0.116. The van der Waals surface area contributed by atoms with Gasteiger partial charge in [-0.05, 0) is 50.1 Å². The Kier molecular flexibility index (Phi) is 5.00. The molecular weight excluding hydrogens is 412 g/mol. The van der Waals surface area contributed by atoms with Crippen molar-refractivity contribution in [1.29, 1.82) is 0 Å². The van der Waals surface area contributed by atoms with Crippen LogP contribution in [0.25, 0.3) is 22.3 Å². The van der Waals surface area contributed by atoms with Crippen LogP contribution in [-0.4, -0.2) is 33.2 Å². The van der Waals surface area contributed by atoms with E-state index in [4.69, 9.17) is 0 Å². The van der Waals surface area contributed by atoms with Crippen molar-refractivity contribution < 1.29 is 4.79 Å². The Balaban J connectivity index is 1.32. The predicted molar refractivity (Wildman–Crippen MR) is 123 cm³/mol. The van der Waals surface area contributed by atoms with E-state index in [1.165, 1.54) is 17.3 Å². The summed E-state index contributed by atoms with van der Waals surface area (Å²) in [5, 5.41) is 3.96. The molecule has 5 nitrogen and oxygen atoms in total. The minimum absolute atomic E-state index is 0.102. The van der Waals surface area contributed by atoms with Crippen LogP contribution in [0, 0.1) is 13.8 Å².